The molecule has 0 aliphatic heterocycles. The first-order valence-electron chi connectivity index (χ1n) is 7.69. The number of hydrogen-bond acceptors (Lipinski definition) is 3. The van der Waals surface area contributed by atoms with Crippen LogP contribution in [0.25, 0.3) is 0 Å². The topological polar surface area (TPSA) is 24.5 Å². The van der Waals surface area contributed by atoms with Gasteiger partial charge in [-0.1, -0.05) is 26.2 Å². The summed E-state index contributed by atoms with van der Waals surface area (Å²) >= 11 is 0. The van der Waals surface area contributed by atoms with Gasteiger partial charge < -0.3 is 15.0 Å². The Hall–Kier alpha value is -0.120. The highest BCUT2D eigenvalue weighted by Crippen LogP contribution is 2.28. The van der Waals surface area contributed by atoms with E-state index < -0.39 is 0 Å². The lowest BCUT2D eigenvalue weighted by Gasteiger charge is -2.28. The fraction of sp³-hybridized carbons (Fsp3) is 1.00. The third-order valence-corrected chi connectivity index (χ3v) is 3.90. The van der Waals surface area contributed by atoms with Gasteiger partial charge in [-0.2, -0.15) is 0 Å². The van der Waals surface area contributed by atoms with Crippen molar-refractivity contribution in [2.45, 2.75) is 51.6 Å². The van der Waals surface area contributed by atoms with Crippen LogP contribution in [0.4, 0.5) is 0 Å². The van der Waals surface area contributed by atoms with E-state index in [9.17, 15) is 0 Å². The number of nitrogens with one attached hydrogen (secondary N) is 1. The van der Waals surface area contributed by atoms with Gasteiger partial charge in [0.1, 0.15) is 0 Å². The zero-order valence-corrected chi connectivity index (χ0v) is 12.6. The first-order chi connectivity index (χ1) is 8.72. The summed E-state index contributed by atoms with van der Waals surface area (Å²) < 4.78 is 5.97. The van der Waals surface area contributed by atoms with Crippen molar-refractivity contribution in [1.82, 2.24) is 10.2 Å². The van der Waals surface area contributed by atoms with E-state index in [0.717, 1.165) is 32.2 Å². The van der Waals surface area contributed by atoms with Gasteiger partial charge in [-0.15, -0.1) is 0 Å². The van der Waals surface area contributed by atoms with E-state index in [4.69, 9.17) is 4.74 Å². The third kappa shape index (κ3) is 7.34. The maximum absolute atomic E-state index is 5.97. The molecule has 0 radical (unpaired) electrons. The van der Waals surface area contributed by atoms with Gasteiger partial charge in [-0.05, 0) is 52.4 Å². The Morgan fingerprint density at radius 1 is 1.22 bits per heavy atom. The molecule has 3 nitrogen and oxygen atoms in total. The molecule has 0 spiro atoms. The molecule has 0 bridgehead atoms. The van der Waals surface area contributed by atoms with Crippen molar-refractivity contribution in [3.05, 3.63) is 0 Å². The number of ether oxygens (including phenoxy) is 1. The second-order valence-electron chi connectivity index (χ2n) is 5.84. The van der Waals surface area contributed by atoms with Crippen molar-refractivity contribution >= 4 is 0 Å². The molecule has 2 atom stereocenters. The van der Waals surface area contributed by atoms with E-state index in [1.807, 2.05) is 0 Å². The summed E-state index contributed by atoms with van der Waals surface area (Å²) in [4.78, 5) is 2.23. The molecule has 1 aliphatic rings. The van der Waals surface area contributed by atoms with Crippen molar-refractivity contribution in [2.24, 2.45) is 5.92 Å². The fourth-order valence-electron chi connectivity index (χ4n) is 2.71. The highest BCUT2D eigenvalue weighted by atomic mass is 16.5. The van der Waals surface area contributed by atoms with Gasteiger partial charge in [-0.3, -0.25) is 0 Å². The summed E-state index contributed by atoms with van der Waals surface area (Å²) in [6.07, 6.45) is 8.41. The Morgan fingerprint density at radius 2 is 2.06 bits per heavy atom. The summed E-state index contributed by atoms with van der Waals surface area (Å²) in [5, 5.41) is 3.45. The third-order valence-electron chi connectivity index (χ3n) is 3.90. The van der Waals surface area contributed by atoms with Crippen LogP contribution in [0.2, 0.25) is 0 Å². The Morgan fingerprint density at radius 3 is 2.78 bits per heavy atom. The predicted octanol–water partition coefficient (Wildman–Crippen LogP) is 2.51. The molecular weight excluding hydrogens is 224 g/mol. The van der Waals surface area contributed by atoms with E-state index in [-0.39, 0.29) is 0 Å². The minimum atomic E-state index is 0.535. The summed E-state index contributed by atoms with van der Waals surface area (Å²) in [5.74, 6) is 0.914. The molecule has 2 unspecified atom stereocenters. The summed E-state index contributed by atoms with van der Waals surface area (Å²) in [7, 11) is 4.24. The minimum absolute atomic E-state index is 0.535. The molecule has 1 rings (SSSR count). The van der Waals surface area contributed by atoms with Crippen LogP contribution in [0.5, 0.6) is 0 Å². The molecule has 0 aromatic carbocycles. The van der Waals surface area contributed by atoms with Crippen LogP contribution in [0.15, 0.2) is 0 Å². The van der Waals surface area contributed by atoms with Crippen molar-refractivity contribution < 1.29 is 4.74 Å². The summed E-state index contributed by atoms with van der Waals surface area (Å²) in [6, 6.07) is 0. The van der Waals surface area contributed by atoms with Gasteiger partial charge in [-0.25, -0.2) is 0 Å². The van der Waals surface area contributed by atoms with E-state index >= 15 is 0 Å². The Balaban J connectivity index is 1.91. The van der Waals surface area contributed by atoms with Crippen LogP contribution in [0.3, 0.4) is 0 Å². The van der Waals surface area contributed by atoms with Crippen molar-refractivity contribution in [2.75, 3.05) is 40.3 Å². The van der Waals surface area contributed by atoms with E-state index in [0.29, 0.717) is 6.10 Å². The first-order valence-corrected chi connectivity index (χ1v) is 7.69. The average molecular weight is 256 g/mol. The number of hydrogen-bond donors (Lipinski definition) is 1. The predicted molar refractivity (Wildman–Crippen MR) is 78.0 cm³/mol. The molecule has 0 aromatic rings. The van der Waals surface area contributed by atoms with Crippen LogP contribution in [-0.4, -0.2) is 51.3 Å². The van der Waals surface area contributed by atoms with E-state index in [1.54, 1.807) is 0 Å². The van der Waals surface area contributed by atoms with Crippen LogP contribution in [0, 0.1) is 5.92 Å². The maximum Gasteiger partial charge on any atom is 0.0594 e. The normalized spacial score (nSPS) is 24.7. The van der Waals surface area contributed by atoms with Gasteiger partial charge in [0.25, 0.3) is 0 Å². The molecular formula is C15H32N2O. The second kappa shape index (κ2) is 9.76. The Kier molecular flexibility index (Phi) is 8.64. The van der Waals surface area contributed by atoms with Gasteiger partial charge >= 0.3 is 0 Å². The lowest BCUT2D eigenvalue weighted by Crippen LogP contribution is -2.28. The van der Waals surface area contributed by atoms with Gasteiger partial charge in [0, 0.05) is 6.54 Å². The Bertz CT molecular complexity index is 197. The quantitative estimate of drug-likeness (QED) is 0.642. The molecule has 1 N–H and O–H groups in total. The van der Waals surface area contributed by atoms with E-state index in [1.165, 1.54) is 38.5 Å². The highest BCUT2D eigenvalue weighted by Gasteiger charge is 2.20. The van der Waals surface area contributed by atoms with Gasteiger partial charge in [0.2, 0.25) is 0 Å². The molecule has 0 aromatic heterocycles. The van der Waals surface area contributed by atoms with Crippen molar-refractivity contribution in [3.8, 4) is 0 Å². The lowest BCUT2D eigenvalue weighted by atomic mass is 9.85. The molecule has 18 heavy (non-hydrogen) atoms. The molecule has 108 valence electrons. The molecule has 1 aliphatic carbocycles. The molecule has 1 saturated carbocycles. The Labute approximate surface area is 113 Å². The molecule has 0 heterocycles. The first kappa shape index (κ1) is 15.9. The molecule has 0 saturated heterocycles. The second-order valence-corrected chi connectivity index (χ2v) is 5.84. The van der Waals surface area contributed by atoms with Crippen LogP contribution < -0.4 is 5.32 Å². The zero-order valence-electron chi connectivity index (χ0n) is 12.6. The molecule has 3 heteroatoms. The SMILES string of the molecule is CCC1CCCC(OCCNCCCN(C)C)C1. The van der Waals surface area contributed by atoms with Crippen LogP contribution in [-0.2, 0) is 4.74 Å². The standard InChI is InChI=1S/C15H32N2O/c1-4-14-7-5-8-15(13-14)18-12-10-16-9-6-11-17(2)3/h14-16H,4-13H2,1-3H3. The van der Waals surface area contributed by atoms with Gasteiger partial charge in [0.05, 0.1) is 12.7 Å². The van der Waals surface area contributed by atoms with Crippen LogP contribution >= 0.6 is 0 Å². The number of rotatable bonds is 9. The van der Waals surface area contributed by atoms with E-state index in [2.05, 4.69) is 31.2 Å². The number of nitrogens with zero attached hydrogens (tertiary/aromatic N) is 1. The lowest BCUT2D eigenvalue weighted by molar-refractivity contribution is 0.0143. The monoisotopic (exact) mass is 256 g/mol. The summed E-state index contributed by atoms with van der Waals surface area (Å²) in [6.45, 7) is 6.45. The molecule has 0 amide bonds. The highest BCUT2D eigenvalue weighted by molar-refractivity contribution is 4.72. The zero-order chi connectivity index (χ0) is 13.2. The smallest absolute Gasteiger partial charge is 0.0594 e. The largest absolute Gasteiger partial charge is 0.377 e. The van der Waals surface area contributed by atoms with Crippen molar-refractivity contribution in [1.29, 1.82) is 0 Å². The van der Waals surface area contributed by atoms with Crippen LogP contribution in [0.1, 0.15) is 45.4 Å². The molecule has 1 fully saturated rings. The van der Waals surface area contributed by atoms with Crippen molar-refractivity contribution in [3.63, 3.8) is 0 Å². The van der Waals surface area contributed by atoms with Gasteiger partial charge in [0.15, 0.2) is 0 Å². The average Bonchev–Trinajstić information content (AvgIpc) is 2.37. The maximum atomic E-state index is 5.97. The minimum Gasteiger partial charge on any atom is -0.377 e. The summed E-state index contributed by atoms with van der Waals surface area (Å²) in [5.41, 5.74) is 0. The fourth-order valence-corrected chi connectivity index (χ4v) is 2.71.